The van der Waals surface area contributed by atoms with E-state index in [9.17, 15) is 4.39 Å². The second kappa shape index (κ2) is 5.30. The highest BCUT2D eigenvalue weighted by atomic mass is 35.5. The van der Waals surface area contributed by atoms with E-state index in [-0.39, 0.29) is 5.75 Å². The van der Waals surface area contributed by atoms with Gasteiger partial charge in [0.05, 0.1) is 12.6 Å². The largest absolute Gasteiger partial charge is 0.494 e. The van der Waals surface area contributed by atoms with Crippen molar-refractivity contribution in [2.75, 3.05) is 7.11 Å². The van der Waals surface area contributed by atoms with E-state index in [1.165, 1.54) is 13.2 Å². The van der Waals surface area contributed by atoms with Crippen LogP contribution in [0.2, 0.25) is 5.15 Å². The molecule has 3 rings (SSSR count). The molecule has 21 heavy (non-hydrogen) atoms. The number of halogens is 2. The van der Waals surface area contributed by atoms with Gasteiger partial charge in [0.2, 0.25) is 0 Å². The maximum atomic E-state index is 13.8. The predicted molar refractivity (Wildman–Crippen MR) is 81.2 cm³/mol. The fraction of sp³-hybridized carbons (Fsp3) is 0.125. The number of hydrogen-bond donors (Lipinski definition) is 0. The van der Waals surface area contributed by atoms with Crippen LogP contribution in [-0.4, -0.2) is 17.1 Å². The van der Waals surface area contributed by atoms with Crippen molar-refractivity contribution in [3.63, 3.8) is 0 Å². The molecule has 106 valence electrons. The molecule has 2 aromatic carbocycles. The molecular weight excluding hydrogens is 291 g/mol. The van der Waals surface area contributed by atoms with Crippen molar-refractivity contribution in [1.29, 1.82) is 0 Å². The van der Waals surface area contributed by atoms with Gasteiger partial charge in [-0.2, -0.15) is 0 Å². The van der Waals surface area contributed by atoms with Crippen LogP contribution in [0.15, 0.2) is 36.4 Å². The minimum Gasteiger partial charge on any atom is -0.494 e. The predicted octanol–water partition coefficient (Wildman–Crippen LogP) is 4.41. The highest BCUT2D eigenvalue weighted by Crippen LogP contribution is 2.29. The number of rotatable bonds is 2. The summed E-state index contributed by atoms with van der Waals surface area (Å²) in [6.45, 7) is 1.95. The summed E-state index contributed by atoms with van der Waals surface area (Å²) in [6, 6.07) is 10.3. The van der Waals surface area contributed by atoms with Gasteiger partial charge in [-0.15, -0.1) is 0 Å². The topological polar surface area (TPSA) is 35.0 Å². The number of nitrogens with zero attached hydrogens (tertiary/aromatic N) is 2. The molecule has 0 aliphatic heterocycles. The molecule has 0 N–H and O–H groups in total. The Bertz CT molecular complexity index is 836. The molecule has 0 amide bonds. The van der Waals surface area contributed by atoms with Crippen LogP contribution in [0.25, 0.3) is 22.3 Å². The van der Waals surface area contributed by atoms with Crippen molar-refractivity contribution in [2.24, 2.45) is 0 Å². The molecule has 0 atom stereocenters. The SMILES string of the molecule is COc1ccc(-c2nc(Cl)c3c(C)cccc3n2)cc1F. The Morgan fingerprint density at radius 1 is 1.14 bits per heavy atom. The molecule has 0 aliphatic carbocycles. The average molecular weight is 303 g/mol. The molecule has 0 saturated heterocycles. The molecule has 0 saturated carbocycles. The molecule has 0 spiro atoms. The number of aromatic nitrogens is 2. The maximum Gasteiger partial charge on any atom is 0.165 e. The summed E-state index contributed by atoms with van der Waals surface area (Å²) in [6.07, 6.45) is 0. The normalized spacial score (nSPS) is 10.9. The van der Waals surface area contributed by atoms with Crippen molar-refractivity contribution in [2.45, 2.75) is 6.92 Å². The van der Waals surface area contributed by atoms with E-state index in [2.05, 4.69) is 9.97 Å². The first-order chi connectivity index (χ1) is 10.1. The first-order valence-electron chi connectivity index (χ1n) is 6.37. The van der Waals surface area contributed by atoms with Crippen LogP contribution in [0, 0.1) is 12.7 Å². The Morgan fingerprint density at radius 2 is 1.95 bits per heavy atom. The van der Waals surface area contributed by atoms with E-state index >= 15 is 0 Å². The minimum absolute atomic E-state index is 0.182. The fourth-order valence-electron chi connectivity index (χ4n) is 2.24. The Balaban J connectivity index is 2.19. The zero-order valence-corrected chi connectivity index (χ0v) is 12.3. The lowest BCUT2D eigenvalue weighted by Gasteiger charge is -2.08. The first-order valence-corrected chi connectivity index (χ1v) is 6.74. The summed E-state index contributed by atoms with van der Waals surface area (Å²) in [4.78, 5) is 8.74. The quantitative estimate of drug-likeness (QED) is 0.658. The molecule has 0 aliphatic rings. The van der Waals surface area contributed by atoms with Crippen molar-refractivity contribution in [1.82, 2.24) is 9.97 Å². The number of ether oxygens (including phenoxy) is 1. The van der Waals surface area contributed by atoms with E-state index < -0.39 is 5.82 Å². The number of hydrogen-bond acceptors (Lipinski definition) is 3. The summed E-state index contributed by atoms with van der Waals surface area (Å²) >= 11 is 6.25. The molecular formula is C16H12ClFN2O. The zero-order chi connectivity index (χ0) is 15.0. The van der Waals surface area contributed by atoms with Crippen molar-refractivity contribution in [3.8, 4) is 17.1 Å². The fourth-order valence-corrected chi connectivity index (χ4v) is 2.56. The highest BCUT2D eigenvalue weighted by Gasteiger charge is 2.11. The lowest BCUT2D eigenvalue weighted by molar-refractivity contribution is 0.386. The van der Waals surface area contributed by atoms with Gasteiger partial charge in [-0.1, -0.05) is 23.7 Å². The minimum atomic E-state index is -0.459. The van der Waals surface area contributed by atoms with E-state index in [0.717, 1.165) is 16.5 Å². The van der Waals surface area contributed by atoms with Crippen LogP contribution in [0.4, 0.5) is 4.39 Å². The summed E-state index contributed by atoms with van der Waals surface area (Å²) < 4.78 is 18.7. The smallest absolute Gasteiger partial charge is 0.165 e. The van der Waals surface area contributed by atoms with Crippen LogP contribution in [0.5, 0.6) is 5.75 Å². The molecule has 0 fully saturated rings. The maximum absolute atomic E-state index is 13.8. The number of aryl methyl sites for hydroxylation is 1. The third-order valence-corrected chi connectivity index (χ3v) is 3.57. The van der Waals surface area contributed by atoms with Crippen LogP contribution < -0.4 is 4.74 Å². The molecule has 0 bridgehead atoms. The van der Waals surface area contributed by atoms with E-state index in [1.54, 1.807) is 12.1 Å². The lowest BCUT2D eigenvalue weighted by Crippen LogP contribution is -1.95. The van der Waals surface area contributed by atoms with E-state index in [1.807, 2.05) is 25.1 Å². The molecule has 3 aromatic rings. The van der Waals surface area contributed by atoms with Crippen LogP contribution >= 0.6 is 11.6 Å². The van der Waals surface area contributed by atoms with Gasteiger partial charge in [-0.25, -0.2) is 14.4 Å². The third-order valence-electron chi connectivity index (χ3n) is 3.30. The summed E-state index contributed by atoms with van der Waals surface area (Å²) in [5, 5.41) is 1.18. The standard InChI is InChI=1S/C16H12ClFN2O/c1-9-4-3-5-12-14(9)15(17)20-16(19-12)10-6-7-13(21-2)11(18)8-10/h3-8H,1-2H3. The monoisotopic (exact) mass is 302 g/mol. The molecule has 1 heterocycles. The van der Waals surface area contributed by atoms with Crippen LogP contribution in [0.3, 0.4) is 0 Å². The van der Waals surface area contributed by atoms with Gasteiger partial charge < -0.3 is 4.74 Å². The number of benzene rings is 2. The van der Waals surface area contributed by atoms with Crippen LogP contribution in [0.1, 0.15) is 5.56 Å². The van der Waals surface area contributed by atoms with Crippen molar-refractivity contribution in [3.05, 3.63) is 52.9 Å². The van der Waals surface area contributed by atoms with Crippen molar-refractivity contribution < 1.29 is 9.13 Å². The Morgan fingerprint density at radius 3 is 2.67 bits per heavy atom. The molecule has 1 aromatic heterocycles. The second-order valence-corrected chi connectivity index (χ2v) is 5.01. The summed E-state index contributed by atoms with van der Waals surface area (Å²) in [5.41, 5.74) is 2.30. The molecule has 5 heteroatoms. The highest BCUT2D eigenvalue weighted by molar-refractivity contribution is 6.34. The summed E-state index contributed by atoms with van der Waals surface area (Å²) in [7, 11) is 1.42. The van der Waals surface area contributed by atoms with Crippen LogP contribution in [-0.2, 0) is 0 Å². The van der Waals surface area contributed by atoms with Crippen molar-refractivity contribution >= 4 is 22.5 Å². The molecule has 0 radical (unpaired) electrons. The van der Waals surface area contributed by atoms with Gasteiger partial charge in [0.15, 0.2) is 17.4 Å². The molecule has 3 nitrogen and oxygen atoms in total. The third kappa shape index (κ3) is 2.43. The summed E-state index contributed by atoms with van der Waals surface area (Å²) in [5.74, 6) is 0.111. The van der Waals surface area contributed by atoms with Gasteiger partial charge in [-0.05, 0) is 36.8 Å². The Kier molecular flexibility index (Phi) is 3.47. The van der Waals surface area contributed by atoms with E-state index in [4.69, 9.17) is 16.3 Å². The molecule has 0 unspecified atom stereocenters. The van der Waals surface area contributed by atoms with Gasteiger partial charge in [0.1, 0.15) is 5.15 Å². The average Bonchev–Trinajstić information content (AvgIpc) is 2.46. The Hall–Kier alpha value is -2.20. The Labute approximate surface area is 126 Å². The van der Waals surface area contributed by atoms with Gasteiger partial charge in [0.25, 0.3) is 0 Å². The first kappa shape index (κ1) is 13.8. The van der Waals surface area contributed by atoms with Gasteiger partial charge in [0, 0.05) is 10.9 Å². The lowest BCUT2D eigenvalue weighted by atomic mass is 10.1. The van der Waals surface area contributed by atoms with Gasteiger partial charge >= 0.3 is 0 Å². The zero-order valence-electron chi connectivity index (χ0n) is 11.5. The number of fused-ring (bicyclic) bond motifs is 1. The number of methoxy groups -OCH3 is 1. The second-order valence-electron chi connectivity index (χ2n) is 4.66. The van der Waals surface area contributed by atoms with E-state index in [0.29, 0.717) is 16.5 Å². The van der Waals surface area contributed by atoms with Gasteiger partial charge in [-0.3, -0.25) is 0 Å².